The van der Waals surface area contributed by atoms with Gasteiger partial charge in [-0.2, -0.15) is 0 Å². The summed E-state index contributed by atoms with van der Waals surface area (Å²) in [5.74, 6) is 1.71. The summed E-state index contributed by atoms with van der Waals surface area (Å²) in [6, 6.07) is 0. The van der Waals surface area contributed by atoms with Crippen LogP contribution in [0.2, 0.25) is 0 Å². The van der Waals surface area contributed by atoms with Gasteiger partial charge in [0.2, 0.25) is 0 Å². The zero-order valence-corrected chi connectivity index (χ0v) is 7.87. The molecule has 70 valence electrons. The van der Waals surface area contributed by atoms with Crippen molar-refractivity contribution in [2.75, 3.05) is 20.1 Å². The Labute approximate surface area is 74.6 Å². The molecule has 2 aliphatic rings. The molecule has 0 spiro atoms. The van der Waals surface area contributed by atoms with Crippen molar-refractivity contribution in [2.24, 2.45) is 11.8 Å². The molecule has 2 heteroatoms. The van der Waals surface area contributed by atoms with Gasteiger partial charge in [-0.25, -0.2) is 0 Å². The van der Waals surface area contributed by atoms with Crippen molar-refractivity contribution in [3.8, 4) is 0 Å². The van der Waals surface area contributed by atoms with Crippen molar-refractivity contribution in [2.45, 2.75) is 31.8 Å². The molecule has 1 N–H and O–H groups in total. The van der Waals surface area contributed by atoms with Crippen LogP contribution in [0.5, 0.6) is 0 Å². The Morgan fingerprint density at radius 1 is 1.17 bits per heavy atom. The predicted octanol–water partition coefficient (Wildman–Crippen LogP) is 1.10. The second-order valence-electron chi connectivity index (χ2n) is 4.54. The average molecular weight is 169 g/mol. The zero-order chi connectivity index (χ0) is 8.55. The number of rotatable bonds is 0. The van der Waals surface area contributed by atoms with Crippen LogP contribution in [0, 0.1) is 11.8 Å². The molecule has 3 atom stereocenters. The number of aliphatic hydroxyl groups excluding tert-OH is 1. The molecule has 1 aliphatic carbocycles. The Morgan fingerprint density at radius 2 is 2.00 bits per heavy atom. The number of likely N-dealkylation sites (tertiary alicyclic amines) is 1. The first kappa shape index (κ1) is 8.52. The number of hydrogen-bond acceptors (Lipinski definition) is 2. The van der Waals surface area contributed by atoms with E-state index in [1.165, 1.54) is 25.9 Å². The predicted molar refractivity (Wildman–Crippen MR) is 49.0 cm³/mol. The lowest BCUT2D eigenvalue weighted by Crippen LogP contribution is -2.42. The van der Waals surface area contributed by atoms with Gasteiger partial charge in [0.15, 0.2) is 0 Å². The maximum Gasteiger partial charge on any atom is 0.0543 e. The van der Waals surface area contributed by atoms with Gasteiger partial charge in [-0.15, -0.1) is 0 Å². The fourth-order valence-electron chi connectivity index (χ4n) is 2.78. The summed E-state index contributed by atoms with van der Waals surface area (Å²) >= 11 is 0. The molecule has 2 nitrogen and oxygen atoms in total. The number of fused-ring (bicyclic) bond motifs is 1. The average Bonchev–Trinajstić information content (AvgIpc) is 2.03. The Balaban J connectivity index is 1.94. The number of nitrogens with zero attached hydrogens (tertiary/aromatic N) is 1. The minimum absolute atomic E-state index is 0.00208. The topological polar surface area (TPSA) is 23.5 Å². The molecule has 0 radical (unpaired) electrons. The van der Waals surface area contributed by atoms with Crippen molar-refractivity contribution < 1.29 is 5.11 Å². The molecule has 0 bridgehead atoms. The largest absolute Gasteiger partial charge is 0.393 e. The molecule has 0 aromatic carbocycles. The van der Waals surface area contributed by atoms with Crippen LogP contribution in [0.4, 0.5) is 0 Å². The van der Waals surface area contributed by atoms with E-state index in [4.69, 9.17) is 0 Å². The molecule has 0 aromatic rings. The summed E-state index contributed by atoms with van der Waals surface area (Å²) in [5.41, 5.74) is 0. The Bertz CT molecular complexity index is 144. The molecule has 0 amide bonds. The third kappa shape index (κ3) is 1.64. The van der Waals surface area contributed by atoms with E-state index < -0.39 is 0 Å². The number of aliphatic hydroxyl groups is 1. The van der Waals surface area contributed by atoms with Crippen LogP contribution < -0.4 is 0 Å². The van der Waals surface area contributed by atoms with Gasteiger partial charge >= 0.3 is 0 Å². The van der Waals surface area contributed by atoms with E-state index >= 15 is 0 Å². The Hall–Kier alpha value is -0.0800. The molecule has 1 heterocycles. The lowest BCUT2D eigenvalue weighted by atomic mass is 9.74. The van der Waals surface area contributed by atoms with Crippen molar-refractivity contribution in [3.63, 3.8) is 0 Å². The maximum absolute atomic E-state index is 9.52. The van der Waals surface area contributed by atoms with Gasteiger partial charge in [0.05, 0.1) is 6.10 Å². The van der Waals surface area contributed by atoms with Crippen molar-refractivity contribution in [1.29, 1.82) is 0 Å². The summed E-state index contributed by atoms with van der Waals surface area (Å²) < 4.78 is 0. The van der Waals surface area contributed by atoms with Gasteiger partial charge < -0.3 is 10.0 Å². The molecule has 1 aliphatic heterocycles. The second kappa shape index (κ2) is 3.35. The summed E-state index contributed by atoms with van der Waals surface area (Å²) in [4.78, 5) is 2.40. The summed E-state index contributed by atoms with van der Waals surface area (Å²) in [6.45, 7) is 2.47. The smallest absolute Gasteiger partial charge is 0.0543 e. The van der Waals surface area contributed by atoms with Crippen LogP contribution in [-0.4, -0.2) is 36.2 Å². The lowest BCUT2D eigenvalue weighted by molar-refractivity contribution is 0.0268. The van der Waals surface area contributed by atoms with E-state index in [0.29, 0.717) is 0 Å². The van der Waals surface area contributed by atoms with Crippen molar-refractivity contribution >= 4 is 0 Å². The summed E-state index contributed by atoms with van der Waals surface area (Å²) in [7, 11) is 2.19. The fraction of sp³-hybridized carbons (Fsp3) is 1.00. The Kier molecular flexibility index (Phi) is 2.37. The highest BCUT2D eigenvalue weighted by Gasteiger charge is 2.32. The van der Waals surface area contributed by atoms with Crippen molar-refractivity contribution in [1.82, 2.24) is 4.90 Å². The van der Waals surface area contributed by atoms with Crippen LogP contribution in [0.3, 0.4) is 0 Å². The van der Waals surface area contributed by atoms with Crippen LogP contribution in [0.1, 0.15) is 25.7 Å². The van der Waals surface area contributed by atoms with Gasteiger partial charge in [-0.1, -0.05) is 0 Å². The standard InChI is InChI=1S/C10H19NO/c1-11-5-4-8-2-3-10(12)6-9(8)7-11/h8-10,12H,2-7H2,1H3/t8-,9+,10-/m0/s1. The molecule has 2 fully saturated rings. The third-order valence-electron chi connectivity index (χ3n) is 3.54. The third-order valence-corrected chi connectivity index (χ3v) is 3.54. The van der Waals surface area contributed by atoms with Gasteiger partial charge in [0, 0.05) is 6.54 Å². The van der Waals surface area contributed by atoms with E-state index in [1.54, 1.807) is 0 Å². The first-order chi connectivity index (χ1) is 5.75. The van der Waals surface area contributed by atoms with Crippen LogP contribution in [0.25, 0.3) is 0 Å². The molecule has 1 saturated carbocycles. The highest BCUT2D eigenvalue weighted by atomic mass is 16.3. The first-order valence-corrected chi connectivity index (χ1v) is 5.12. The normalized spacial score (nSPS) is 44.0. The first-order valence-electron chi connectivity index (χ1n) is 5.12. The summed E-state index contributed by atoms with van der Waals surface area (Å²) in [5, 5.41) is 9.52. The van der Waals surface area contributed by atoms with Gasteiger partial charge in [-0.05, 0) is 51.1 Å². The van der Waals surface area contributed by atoms with Gasteiger partial charge in [0.25, 0.3) is 0 Å². The minimum atomic E-state index is -0.00208. The van der Waals surface area contributed by atoms with E-state index in [-0.39, 0.29) is 6.10 Å². The highest BCUT2D eigenvalue weighted by molar-refractivity contribution is 4.85. The van der Waals surface area contributed by atoms with Gasteiger partial charge in [0.1, 0.15) is 0 Å². The fourth-order valence-corrected chi connectivity index (χ4v) is 2.78. The monoisotopic (exact) mass is 169 g/mol. The van der Waals surface area contributed by atoms with E-state index in [2.05, 4.69) is 11.9 Å². The molecule has 1 saturated heterocycles. The van der Waals surface area contributed by atoms with E-state index in [1.807, 2.05) is 0 Å². The SMILES string of the molecule is CN1CC[C@@H]2CC[C@H](O)C[C@@H]2C1. The number of piperidine rings is 1. The van der Waals surface area contributed by atoms with E-state index in [9.17, 15) is 5.11 Å². The second-order valence-corrected chi connectivity index (χ2v) is 4.54. The minimum Gasteiger partial charge on any atom is -0.393 e. The Morgan fingerprint density at radius 3 is 2.83 bits per heavy atom. The van der Waals surface area contributed by atoms with Crippen molar-refractivity contribution in [3.05, 3.63) is 0 Å². The van der Waals surface area contributed by atoms with Crippen LogP contribution in [0.15, 0.2) is 0 Å². The van der Waals surface area contributed by atoms with Crippen LogP contribution >= 0.6 is 0 Å². The molecule has 12 heavy (non-hydrogen) atoms. The quantitative estimate of drug-likeness (QED) is 0.587. The van der Waals surface area contributed by atoms with Gasteiger partial charge in [-0.3, -0.25) is 0 Å². The molecular weight excluding hydrogens is 150 g/mol. The zero-order valence-electron chi connectivity index (χ0n) is 7.87. The number of hydrogen-bond donors (Lipinski definition) is 1. The lowest BCUT2D eigenvalue weighted by Gasteiger charge is -2.41. The van der Waals surface area contributed by atoms with E-state index in [0.717, 1.165) is 24.7 Å². The molecule has 2 rings (SSSR count). The molecule has 0 aromatic heterocycles. The molecular formula is C10H19NO. The summed E-state index contributed by atoms with van der Waals surface area (Å²) in [6.07, 6.45) is 4.71. The maximum atomic E-state index is 9.52. The highest BCUT2D eigenvalue weighted by Crippen LogP contribution is 2.35. The van der Waals surface area contributed by atoms with Crippen LogP contribution in [-0.2, 0) is 0 Å². The molecule has 0 unspecified atom stereocenters.